The lowest BCUT2D eigenvalue weighted by molar-refractivity contribution is -0.407. The molecule has 0 radical (unpaired) electrons. The van der Waals surface area contributed by atoms with E-state index < -0.39 is 11.5 Å². The van der Waals surface area contributed by atoms with Crippen LogP contribution < -0.4 is 0 Å². The van der Waals surface area contributed by atoms with Crippen LogP contribution in [-0.4, -0.2) is 52.6 Å². The molecule has 0 aromatic heterocycles. The third-order valence-electron chi connectivity index (χ3n) is 9.85. The van der Waals surface area contributed by atoms with Crippen molar-refractivity contribution in [1.29, 1.82) is 0 Å². The van der Waals surface area contributed by atoms with E-state index in [1.165, 1.54) is 12.0 Å². The number of rotatable bonds is 2. The van der Waals surface area contributed by atoms with Crippen LogP contribution in [0.3, 0.4) is 0 Å². The first-order valence-electron chi connectivity index (χ1n) is 10.8. The number of aliphatic hydroxyl groups is 2. The molecule has 5 nitrogen and oxygen atoms in total. The predicted octanol–water partition coefficient (Wildman–Crippen LogP) is 2.08. The lowest BCUT2D eigenvalue weighted by Gasteiger charge is -2.79. The molecule has 5 saturated carbocycles. The predicted molar refractivity (Wildman–Crippen MR) is 98.4 cm³/mol. The van der Waals surface area contributed by atoms with Crippen molar-refractivity contribution in [2.75, 3.05) is 13.2 Å². The SMILES string of the molecule is C=C1CC23CCC1CC2C12CCCC4(C)C(=O)N(CCO)C1OC3C(O)C42. The van der Waals surface area contributed by atoms with E-state index in [0.717, 1.165) is 38.5 Å². The minimum Gasteiger partial charge on any atom is -0.395 e. The molecule has 27 heavy (non-hydrogen) atoms. The highest BCUT2D eigenvalue weighted by Gasteiger charge is 2.81. The van der Waals surface area contributed by atoms with Gasteiger partial charge in [-0.1, -0.05) is 25.5 Å². The largest absolute Gasteiger partial charge is 0.395 e. The first-order valence-corrected chi connectivity index (χ1v) is 10.8. The number of hydrogen-bond donors (Lipinski definition) is 2. The van der Waals surface area contributed by atoms with Gasteiger partial charge in [-0.25, -0.2) is 0 Å². The summed E-state index contributed by atoms with van der Waals surface area (Å²) in [6, 6.07) is 0. The smallest absolute Gasteiger partial charge is 0.231 e. The van der Waals surface area contributed by atoms with Crippen molar-refractivity contribution in [1.82, 2.24) is 4.90 Å². The molecule has 0 aromatic rings. The lowest BCUT2D eigenvalue weighted by atomic mass is 9.32. The number of allylic oxidation sites excluding steroid dienone is 1. The summed E-state index contributed by atoms with van der Waals surface area (Å²) in [7, 11) is 0. The topological polar surface area (TPSA) is 70.0 Å². The minimum absolute atomic E-state index is 0.00176. The molecular weight excluding hydrogens is 342 g/mol. The van der Waals surface area contributed by atoms with Crippen LogP contribution in [0.5, 0.6) is 0 Å². The molecule has 2 spiro atoms. The molecule has 8 rings (SSSR count). The standard InChI is InChI=1S/C22H31NO4/c1-12-11-21-7-4-13(12)10-14(21)22-6-3-5-20(2)16(22)15(25)17(21)27-19(22)23(8-9-24)18(20)26/h13-17,19,24-25H,1,3-11H2,2H3. The van der Waals surface area contributed by atoms with Crippen LogP contribution in [0.25, 0.3) is 0 Å². The number of carbonyl (C=O) groups is 1. The van der Waals surface area contributed by atoms with E-state index in [1.54, 1.807) is 0 Å². The van der Waals surface area contributed by atoms with Gasteiger partial charge in [-0.05, 0) is 50.4 Å². The number of hydrogen-bond acceptors (Lipinski definition) is 4. The number of aliphatic hydroxyl groups excluding tert-OH is 2. The number of likely N-dealkylation sites (tertiary alicyclic amines) is 1. The van der Waals surface area contributed by atoms with Crippen LogP contribution >= 0.6 is 0 Å². The van der Waals surface area contributed by atoms with Gasteiger partial charge >= 0.3 is 0 Å². The number of piperidine rings is 1. The quantitative estimate of drug-likeness (QED) is 0.727. The Hall–Kier alpha value is -0.910. The Kier molecular flexibility index (Phi) is 3.13. The van der Waals surface area contributed by atoms with Gasteiger partial charge in [0.1, 0.15) is 6.23 Å². The van der Waals surface area contributed by atoms with Crippen molar-refractivity contribution in [2.24, 2.45) is 34.0 Å². The van der Waals surface area contributed by atoms with Gasteiger partial charge in [0.15, 0.2) is 0 Å². The maximum Gasteiger partial charge on any atom is 0.231 e. The zero-order valence-corrected chi connectivity index (χ0v) is 16.2. The van der Waals surface area contributed by atoms with Crippen molar-refractivity contribution in [3.8, 4) is 0 Å². The van der Waals surface area contributed by atoms with E-state index in [-0.39, 0.29) is 41.6 Å². The lowest BCUT2D eigenvalue weighted by Crippen LogP contribution is -2.85. The Morgan fingerprint density at radius 3 is 2.89 bits per heavy atom. The van der Waals surface area contributed by atoms with Crippen molar-refractivity contribution in [3.63, 3.8) is 0 Å². The number of fused-ring (bicyclic) bond motifs is 2. The van der Waals surface area contributed by atoms with Crippen molar-refractivity contribution in [2.45, 2.75) is 70.3 Å². The highest BCUT2D eigenvalue weighted by atomic mass is 16.5. The van der Waals surface area contributed by atoms with Gasteiger partial charge in [-0.2, -0.15) is 0 Å². The van der Waals surface area contributed by atoms with Crippen LogP contribution in [0.15, 0.2) is 12.2 Å². The van der Waals surface area contributed by atoms with E-state index in [9.17, 15) is 15.0 Å². The number of nitrogens with zero attached hydrogens (tertiary/aromatic N) is 1. The maximum atomic E-state index is 13.5. The first-order chi connectivity index (χ1) is 12.9. The van der Waals surface area contributed by atoms with Crippen LogP contribution in [0.4, 0.5) is 0 Å². The Balaban J connectivity index is 1.57. The molecular formula is C22H31NO4. The van der Waals surface area contributed by atoms with Crippen molar-refractivity contribution < 1.29 is 19.7 Å². The van der Waals surface area contributed by atoms with Crippen LogP contribution in [-0.2, 0) is 9.53 Å². The van der Waals surface area contributed by atoms with E-state index >= 15 is 0 Å². The average Bonchev–Trinajstić information content (AvgIpc) is 2.65. The molecule has 9 atom stereocenters. The van der Waals surface area contributed by atoms with Crippen molar-refractivity contribution >= 4 is 5.91 Å². The summed E-state index contributed by atoms with van der Waals surface area (Å²) in [6.07, 6.45) is 6.28. The highest BCUT2D eigenvalue weighted by molar-refractivity contribution is 5.85. The normalized spacial score (nSPS) is 57.8. The first kappa shape index (κ1) is 17.0. The van der Waals surface area contributed by atoms with E-state index in [4.69, 9.17) is 4.74 Å². The minimum atomic E-state index is -0.564. The molecule has 0 aromatic carbocycles. The molecule has 3 heterocycles. The molecule has 148 valence electrons. The van der Waals surface area contributed by atoms with E-state index in [1.807, 2.05) is 4.90 Å². The third-order valence-corrected chi connectivity index (χ3v) is 9.85. The molecule has 8 aliphatic rings. The van der Waals surface area contributed by atoms with Crippen LogP contribution in [0, 0.1) is 34.0 Å². The molecule has 7 bridgehead atoms. The summed E-state index contributed by atoms with van der Waals surface area (Å²) in [6.45, 7) is 6.76. The van der Waals surface area contributed by atoms with Gasteiger partial charge in [-0.3, -0.25) is 4.79 Å². The fraction of sp³-hybridized carbons (Fsp3) is 0.864. The maximum absolute atomic E-state index is 13.5. The Morgan fingerprint density at radius 2 is 2.15 bits per heavy atom. The fourth-order valence-electron chi connectivity index (χ4n) is 9.16. The fourth-order valence-corrected chi connectivity index (χ4v) is 9.16. The number of amides is 1. The zero-order valence-electron chi connectivity index (χ0n) is 16.2. The monoisotopic (exact) mass is 373 g/mol. The molecule has 9 unspecified atom stereocenters. The second-order valence-electron chi connectivity index (χ2n) is 10.6. The third kappa shape index (κ3) is 1.61. The van der Waals surface area contributed by atoms with Gasteiger partial charge in [-0.15, -0.1) is 0 Å². The molecule has 3 saturated heterocycles. The summed E-state index contributed by atoms with van der Waals surface area (Å²) in [5.41, 5.74) is 0.663. The zero-order chi connectivity index (χ0) is 18.8. The summed E-state index contributed by atoms with van der Waals surface area (Å²) < 4.78 is 6.67. The summed E-state index contributed by atoms with van der Waals surface area (Å²) >= 11 is 0. The molecule has 8 fully saturated rings. The van der Waals surface area contributed by atoms with Gasteiger partial charge in [0.2, 0.25) is 5.91 Å². The van der Waals surface area contributed by atoms with E-state index in [2.05, 4.69) is 13.5 Å². The van der Waals surface area contributed by atoms with Gasteiger partial charge in [0.05, 0.1) is 24.2 Å². The molecule has 1 amide bonds. The van der Waals surface area contributed by atoms with E-state index in [0.29, 0.717) is 18.4 Å². The van der Waals surface area contributed by atoms with Crippen molar-refractivity contribution in [3.05, 3.63) is 12.2 Å². The second kappa shape index (κ2) is 4.98. The number of carbonyl (C=O) groups excluding carboxylic acids is 1. The van der Waals surface area contributed by atoms with Crippen LogP contribution in [0.2, 0.25) is 0 Å². The molecule has 3 aliphatic heterocycles. The highest BCUT2D eigenvalue weighted by Crippen LogP contribution is 2.78. The Bertz CT molecular complexity index is 738. The van der Waals surface area contributed by atoms with Gasteiger partial charge in [0, 0.05) is 23.3 Å². The number of ether oxygens (including phenoxy) is 1. The molecule has 2 N–H and O–H groups in total. The Morgan fingerprint density at radius 1 is 1.33 bits per heavy atom. The summed E-state index contributed by atoms with van der Waals surface area (Å²) in [5, 5.41) is 21.2. The van der Waals surface area contributed by atoms with Gasteiger partial charge in [0.25, 0.3) is 0 Å². The van der Waals surface area contributed by atoms with Gasteiger partial charge < -0.3 is 19.8 Å². The Labute approximate surface area is 160 Å². The second-order valence-corrected chi connectivity index (χ2v) is 10.6. The van der Waals surface area contributed by atoms with Crippen LogP contribution in [0.1, 0.15) is 51.9 Å². The molecule has 5 heteroatoms. The molecule has 5 aliphatic carbocycles. The summed E-state index contributed by atoms with van der Waals surface area (Å²) in [5.74, 6) is 1.17. The summed E-state index contributed by atoms with van der Waals surface area (Å²) in [4.78, 5) is 15.3. The number of β-amino-alcohol motifs (C(OH)–C–C–N with tert-alkyl or cyclic N) is 1. The average molecular weight is 373 g/mol.